The summed E-state index contributed by atoms with van der Waals surface area (Å²) in [5.41, 5.74) is 9.76. The molecule has 0 saturated heterocycles. The number of unbranched alkanes of at least 4 members (excludes halogenated alkanes) is 5. The number of aliphatic carboxylic acids is 2. The van der Waals surface area contributed by atoms with Crippen molar-refractivity contribution in [1.82, 2.24) is 0 Å². The number of benzene rings is 6. The van der Waals surface area contributed by atoms with Crippen molar-refractivity contribution in [2.24, 2.45) is 0 Å². The van der Waals surface area contributed by atoms with Crippen LogP contribution in [0.15, 0.2) is 181 Å². The minimum absolute atomic E-state index is 0.327. The van der Waals surface area contributed by atoms with Crippen LogP contribution in [0.25, 0.3) is 58.3 Å². The van der Waals surface area contributed by atoms with Gasteiger partial charge in [-0.15, -0.1) is 0 Å². The van der Waals surface area contributed by atoms with Gasteiger partial charge in [0, 0.05) is 17.1 Å². The third-order valence-electron chi connectivity index (χ3n) is 11.1. The van der Waals surface area contributed by atoms with Gasteiger partial charge in [-0.1, -0.05) is 197 Å². The zero-order valence-corrected chi connectivity index (χ0v) is 39.2. The molecule has 70 heavy (non-hydrogen) atoms. The van der Waals surface area contributed by atoms with Gasteiger partial charge >= 0.3 is 11.9 Å². The van der Waals surface area contributed by atoms with Gasteiger partial charge in [-0.3, -0.25) is 9.59 Å². The number of nitrogens with zero attached hydrogens (tertiary/aromatic N) is 3. The monoisotopic (exact) mass is 921 g/mol. The molecule has 0 fully saturated rings. The molecule has 0 atom stereocenters. The molecule has 0 aliphatic carbocycles. The number of allylic oxidation sites excluding steroid dienone is 4. The second-order valence-corrected chi connectivity index (χ2v) is 16.3. The predicted molar refractivity (Wildman–Crippen MR) is 289 cm³/mol. The van der Waals surface area contributed by atoms with Crippen molar-refractivity contribution < 1.29 is 24.5 Å². The highest BCUT2D eigenvalue weighted by Crippen LogP contribution is 2.35. The molecule has 8 heteroatoms. The molecule has 8 nitrogen and oxygen atoms in total. The van der Waals surface area contributed by atoms with E-state index in [0.717, 1.165) is 69.2 Å². The summed E-state index contributed by atoms with van der Waals surface area (Å²) >= 11 is 0. The number of carboxylic acids is 2. The van der Waals surface area contributed by atoms with Gasteiger partial charge < -0.3 is 19.8 Å². The first kappa shape index (κ1) is 50.4. The Morgan fingerprint density at radius 2 is 0.743 bits per heavy atom. The summed E-state index contributed by atoms with van der Waals surface area (Å²) in [6.45, 7) is 17.1. The lowest BCUT2D eigenvalue weighted by molar-refractivity contribution is -0.133. The van der Waals surface area contributed by atoms with E-state index in [2.05, 4.69) is 119 Å². The molecule has 0 spiro atoms. The maximum absolute atomic E-state index is 11.2. The second kappa shape index (κ2) is 27.0. The third kappa shape index (κ3) is 16.1. The molecule has 0 saturated carbocycles. The Kier molecular flexibility index (Phi) is 19.4. The first-order valence-corrected chi connectivity index (χ1v) is 23.3. The van der Waals surface area contributed by atoms with Gasteiger partial charge in [0.15, 0.2) is 0 Å². The highest BCUT2D eigenvalue weighted by atomic mass is 16.5. The van der Waals surface area contributed by atoms with Crippen molar-refractivity contribution in [1.29, 1.82) is 0 Å². The van der Waals surface area contributed by atoms with Crippen LogP contribution in [0.2, 0.25) is 0 Å². The van der Waals surface area contributed by atoms with E-state index in [-0.39, 0.29) is 11.4 Å². The molecule has 0 aliphatic heterocycles. The van der Waals surface area contributed by atoms with Crippen LogP contribution in [0.4, 0.5) is 17.1 Å². The van der Waals surface area contributed by atoms with Crippen LogP contribution < -0.4 is 9.64 Å². The van der Waals surface area contributed by atoms with Crippen molar-refractivity contribution in [3.63, 3.8) is 0 Å². The van der Waals surface area contributed by atoms with E-state index < -0.39 is 11.9 Å². The fourth-order valence-corrected chi connectivity index (χ4v) is 7.26. The van der Waals surface area contributed by atoms with Gasteiger partial charge in [-0.25, -0.2) is 9.69 Å². The molecule has 348 valence electrons. The molecule has 0 bridgehead atoms. The van der Waals surface area contributed by atoms with Crippen LogP contribution in [0.5, 0.6) is 5.75 Å². The highest BCUT2D eigenvalue weighted by molar-refractivity contribution is 5.94. The number of anilines is 3. The number of ether oxygens (including phenoxy) is 1. The van der Waals surface area contributed by atoms with Crippen molar-refractivity contribution in [3.8, 4) is 5.75 Å². The molecule has 2 N–H and O–H groups in total. The SMILES string of the molecule is [C-]#[N+]/C(=C\c1ccc(/C=C/C=C/c2ccc(N(c3ccc(/C=C/C=C/c4ccc(/C=C(\[N+]#[C-])C(=O)O)cc4)cc3)c3ccc(/C=C/c4ccc(OCCCCCCCC)cc4)cc3)cc2)cc1)C(=O)O. The predicted octanol–water partition coefficient (Wildman–Crippen LogP) is 16.2. The normalized spacial score (nSPS) is 12.0. The zero-order valence-electron chi connectivity index (χ0n) is 39.2. The Morgan fingerprint density at radius 3 is 1.09 bits per heavy atom. The fraction of sp³-hybridized carbons (Fsp3) is 0.129. The lowest BCUT2D eigenvalue weighted by Gasteiger charge is -2.26. The molecule has 0 heterocycles. The van der Waals surface area contributed by atoms with Crippen LogP contribution >= 0.6 is 0 Å². The number of hydrogen-bond acceptors (Lipinski definition) is 4. The van der Waals surface area contributed by atoms with E-state index in [9.17, 15) is 9.59 Å². The van der Waals surface area contributed by atoms with Gasteiger partial charge in [0.2, 0.25) is 0 Å². The third-order valence-corrected chi connectivity index (χ3v) is 11.1. The Balaban J connectivity index is 1.14. The number of carboxylic acid groups (broad SMARTS) is 2. The van der Waals surface area contributed by atoms with Crippen LogP contribution in [0, 0.1) is 13.1 Å². The molecule has 0 amide bonds. The Morgan fingerprint density at radius 1 is 0.443 bits per heavy atom. The number of rotatable bonds is 23. The van der Waals surface area contributed by atoms with Crippen LogP contribution in [-0.4, -0.2) is 28.8 Å². The number of carbonyl (C=O) groups is 2. The lowest BCUT2D eigenvalue weighted by Crippen LogP contribution is -2.09. The minimum atomic E-state index is -1.24. The summed E-state index contributed by atoms with van der Waals surface area (Å²) in [5, 5.41) is 18.3. The fourth-order valence-electron chi connectivity index (χ4n) is 7.26. The quantitative estimate of drug-likeness (QED) is 0.0218. The van der Waals surface area contributed by atoms with Crippen molar-refractivity contribution in [3.05, 3.63) is 249 Å². The minimum Gasteiger partial charge on any atom is -0.494 e. The second-order valence-electron chi connectivity index (χ2n) is 16.3. The average molecular weight is 922 g/mol. The van der Waals surface area contributed by atoms with E-state index in [1.54, 1.807) is 24.3 Å². The largest absolute Gasteiger partial charge is 0.494 e. The van der Waals surface area contributed by atoms with E-state index in [0.29, 0.717) is 11.1 Å². The Bertz CT molecular complexity index is 2810. The van der Waals surface area contributed by atoms with Crippen molar-refractivity contribution >= 4 is 77.6 Å². The summed E-state index contributed by atoms with van der Waals surface area (Å²) in [4.78, 5) is 30.7. The molecule has 0 aliphatic rings. The van der Waals surface area contributed by atoms with Gasteiger partial charge in [0.05, 0.1) is 19.8 Å². The smallest absolute Gasteiger partial charge is 0.333 e. The summed E-state index contributed by atoms with van der Waals surface area (Å²) < 4.78 is 5.98. The molecule has 0 radical (unpaired) electrons. The zero-order chi connectivity index (χ0) is 49.3. The Hall–Kier alpha value is -8.98. The van der Waals surface area contributed by atoms with Gasteiger partial charge in [0.25, 0.3) is 11.4 Å². The first-order valence-electron chi connectivity index (χ1n) is 23.3. The van der Waals surface area contributed by atoms with Crippen LogP contribution in [0.3, 0.4) is 0 Å². The standard InChI is InChI=1S/C62H55N3O5/c1-4-5-6-7-8-13-44-70-58-42-34-52(35-43-58)19-18-51-32-40-57(41-33-51)65(55-36-28-49(29-37-55)16-11-9-14-47-20-24-53(25-21-47)45-59(63-2)61(66)67)56-38-30-50(31-39-56)17-12-10-15-48-22-26-54(27-23-48)46-60(64-3)62(68)69/h9-12,14-43,45-46H,4-8,13,44H2,1H3,(H,66,67)(H,68,69)/b14-9+,15-10+,16-11+,17-12+,19-18+,59-45-,60-46-. The maximum atomic E-state index is 11.2. The summed E-state index contributed by atoms with van der Waals surface area (Å²) in [7, 11) is 0. The molecule has 6 aromatic rings. The van der Waals surface area contributed by atoms with Gasteiger partial charge in [0.1, 0.15) is 5.75 Å². The van der Waals surface area contributed by atoms with Crippen molar-refractivity contribution in [2.75, 3.05) is 11.5 Å². The molecular weight excluding hydrogens is 867 g/mol. The summed E-state index contributed by atoms with van der Waals surface area (Å²) in [6, 6.07) is 48.2. The lowest BCUT2D eigenvalue weighted by atomic mass is 10.1. The average Bonchev–Trinajstić information content (AvgIpc) is 3.38. The van der Waals surface area contributed by atoms with E-state index in [1.165, 1.54) is 44.3 Å². The van der Waals surface area contributed by atoms with Gasteiger partial charge in [-0.2, -0.15) is 0 Å². The van der Waals surface area contributed by atoms with E-state index >= 15 is 0 Å². The maximum Gasteiger partial charge on any atom is 0.333 e. The first-order chi connectivity index (χ1) is 34.2. The Labute approximate surface area is 411 Å². The van der Waals surface area contributed by atoms with Gasteiger partial charge in [-0.05, 0) is 112 Å². The molecule has 6 rings (SSSR count). The highest BCUT2D eigenvalue weighted by Gasteiger charge is 2.13. The number of hydrogen-bond donors (Lipinski definition) is 2. The molecule has 0 aromatic heterocycles. The van der Waals surface area contributed by atoms with Crippen LogP contribution in [-0.2, 0) is 9.59 Å². The summed E-state index contributed by atoms with van der Waals surface area (Å²) in [6.07, 6.45) is 30.2. The van der Waals surface area contributed by atoms with E-state index in [1.807, 2.05) is 85.0 Å². The molecule has 6 aromatic carbocycles. The van der Waals surface area contributed by atoms with Crippen LogP contribution in [0.1, 0.15) is 90.0 Å². The van der Waals surface area contributed by atoms with Crippen molar-refractivity contribution in [2.45, 2.75) is 45.4 Å². The molecular formula is C62H55N3O5. The molecule has 0 unspecified atom stereocenters. The summed E-state index contributed by atoms with van der Waals surface area (Å²) in [5.74, 6) is -1.59. The topological polar surface area (TPSA) is 95.8 Å². The van der Waals surface area contributed by atoms with E-state index in [4.69, 9.17) is 28.1 Å².